The fourth-order valence-electron chi connectivity index (χ4n) is 3.15. The van der Waals surface area contributed by atoms with E-state index in [-0.39, 0.29) is 12.5 Å². The van der Waals surface area contributed by atoms with Crippen molar-refractivity contribution in [1.82, 2.24) is 10.3 Å². The van der Waals surface area contributed by atoms with Gasteiger partial charge in [0.15, 0.2) is 0 Å². The molecule has 2 N–H and O–H groups in total. The van der Waals surface area contributed by atoms with Crippen molar-refractivity contribution in [3.8, 4) is 0 Å². The average Bonchev–Trinajstić information content (AvgIpc) is 2.70. The number of aliphatic hydroxyl groups is 1. The Labute approximate surface area is 164 Å². The first-order valence-electron chi connectivity index (χ1n) is 9.16. The largest absolute Gasteiger partial charge is 0.396 e. The Morgan fingerprint density at radius 2 is 1.89 bits per heavy atom. The van der Waals surface area contributed by atoms with Gasteiger partial charge in [0.05, 0.1) is 6.21 Å². The molecule has 6 heteroatoms. The number of nitrogens with one attached hydrogen (secondary N) is 1. The van der Waals surface area contributed by atoms with Crippen molar-refractivity contribution in [3.63, 3.8) is 0 Å². The van der Waals surface area contributed by atoms with E-state index in [1.54, 1.807) is 6.07 Å². The van der Waals surface area contributed by atoms with Gasteiger partial charge in [-0.2, -0.15) is 5.10 Å². The highest BCUT2D eigenvalue weighted by atomic mass is 35.5. The molecule has 1 fully saturated rings. The molecule has 2 aromatic rings. The molecule has 0 bridgehead atoms. The molecule has 5 nitrogen and oxygen atoms in total. The van der Waals surface area contributed by atoms with Gasteiger partial charge in [-0.25, -0.2) is 5.43 Å². The molecule has 0 atom stereocenters. The quantitative estimate of drug-likeness (QED) is 0.592. The molecule has 0 unspecified atom stereocenters. The average molecular weight is 386 g/mol. The molecule has 1 aliphatic rings. The van der Waals surface area contributed by atoms with Gasteiger partial charge in [-0.15, -0.1) is 0 Å². The van der Waals surface area contributed by atoms with Gasteiger partial charge in [-0.3, -0.25) is 9.69 Å². The van der Waals surface area contributed by atoms with Gasteiger partial charge in [-0.1, -0.05) is 41.9 Å². The monoisotopic (exact) mass is 385 g/mol. The van der Waals surface area contributed by atoms with Gasteiger partial charge in [0.1, 0.15) is 0 Å². The van der Waals surface area contributed by atoms with Crippen LogP contribution in [0.4, 0.5) is 0 Å². The lowest BCUT2D eigenvalue weighted by molar-refractivity contribution is 0.0955. The molecule has 0 spiro atoms. The highest BCUT2D eigenvalue weighted by molar-refractivity contribution is 6.33. The van der Waals surface area contributed by atoms with Crippen LogP contribution in [-0.4, -0.2) is 41.8 Å². The van der Waals surface area contributed by atoms with Crippen molar-refractivity contribution in [3.05, 3.63) is 70.2 Å². The molecule has 2 aromatic carbocycles. The number of carbonyl (C=O) groups is 1. The summed E-state index contributed by atoms with van der Waals surface area (Å²) < 4.78 is 0. The van der Waals surface area contributed by atoms with Crippen molar-refractivity contribution in [1.29, 1.82) is 0 Å². The summed E-state index contributed by atoms with van der Waals surface area (Å²) in [6.07, 6.45) is 3.62. The number of hydrogen-bond donors (Lipinski definition) is 2. The minimum absolute atomic E-state index is 0.256. The number of halogens is 1. The molecule has 1 heterocycles. The van der Waals surface area contributed by atoms with E-state index in [1.807, 2.05) is 42.5 Å². The molecular formula is C21H24ClN3O2. The first-order valence-corrected chi connectivity index (χ1v) is 9.53. The van der Waals surface area contributed by atoms with Gasteiger partial charge >= 0.3 is 0 Å². The van der Waals surface area contributed by atoms with Gasteiger partial charge in [0, 0.05) is 29.3 Å². The standard InChI is InChI=1S/C21H24ClN3O2/c22-20-4-2-1-3-19(20)13-23-24-21(27)18-7-5-16(6-8-18)14-25-11-9-17(15-26)10-12-25/h1-8,13,17,26H,9-12,14-15H2,(H,24,27)/b23-13+. The Bertz CT molecular complexity index is 784. The molecular weight excluding hydrogens is 362 g/mol. The minimum Gasteiger partial charge on any atom is -0.396 e. The second-order valence-corrected chi connectivity index (χ2v) is 7.23. The van der Waals surface area contributed by atoms with E-state index in [4.69, 9.17) is 11.6 Å². The van der Waals surface area contributed by atoms with Gasteiger partial charge in [0.25, 0.3) is 5.91 Å². The Balaban J connectivity index is 1.51. The SMILES string of the molecule is O=C(N/N=C/c1ccccc1Cl)c1ccc(CN2CCC(CO)CC2)cc1. The summed E-state index contributed by atoms with van der Waals surface area (Å²) in [6, 6.07) is 14.9. The number of amides is 1. The van der Waals surface area contributed by atoms with E-state index < -0.39 is 0 Å². The number of nitrogens with zero attached hydrogens (tertiary/aromatic N) is 2. The zero-order valence-corrected chi connectivity index (χ0v) is 15.9. The third-order valence-electron chi connectivity index (χ3n) is 4.86. The second-order valence-electron chi connectivity index (χ2n) is 6.82. The maximum absolute atomic E-state index is 12.2. The number of rotatable bonds is 6. The Hall–Kier alpha value is -2.21. The van der Waals surface area contributed by atoms with Crippen LogP contribution in [0.1, 0.15) is 34.3 Å². The van der Waals surface area contributed by atoms with Gasteiger partial charge in [0.2, 0.25) is 0 Å². The molecule has 1 aliphatic heterocycles. The summed E-state index contributed by atoms with van der Waals surface area (Å²) in [6.45, 7) is 3.16. The molecule has 0 aromatic heterocycles. The predicted octanol–water partition coefficient (Wildman–Crippen LogP) is 3.31. The number of carbonyl (C=O) groups excluding carboxylic acids is 1. The zero-order valence-electron chi connectivity index (χ0n) is 15.1. The van der Waals surface area contributed by atoms with Crippen LogP contribution in [-0.2, 0) is 6.54 Å². The molecule has 1 saturated heterocycles. The highest BCUT2D eigenvalue weighted by Crippen LogP contribution is 2.18. The van der Waals surface area contributed by atoms with Crippen molar-refractivity contribution in [2.75, 3.05) is 19.7 Å². The first-order chi connectivity index (χ1) is 13.2. The molecule has 142 valence electrons. The Morgan fingerprint density at radius 1 is 1.19 bits per heavy atom. The summed E-state index contributed by atoms with van der Waals surface area (Å²) in [5.74, 6) is 0.187. The van der Waals surface area contributed by atoms with E-state index in [1.165, 1.54) is 11.8 Å². The van der Waals surface area contributed by atoms with E-state index in [2.05, 4.69) is 15.4 Å². The van der Waals surface area contributed by atoms with E-state index >= 15 is 0 Å². The first kappa shape index (κ1) is 19.5. The smallest absolute Gasteiger partial charge is 0.271 e. The Morgan fingerprint density at radius 3 is 2.56 bits per heavy atom. The minimum atomic E-state index is -0.256. The molecule has 0 saturated carbocycles. The van der Waals surface area contributed by atoms with Crippen LogP contribution < -0.4 is 5.43 Å². The van der Waals surface area contributed by atoms with E-state index in [9.17, 15) is 9.90 Å². The predicted molar refractivity (Wildman–Crippen MR) is 108 cm³/mol. The fraction of sp³-hybridized carbons (Fsp3) is 0.333. The van der Waals surface area contributed by atoms with Crippen molar-refractivity contribution >= 4 is 23.7 Å². The normalized spacial score (nSPS) is 15.9. The maximum Gasteiger partial charge on any atom is 0.271 e. The van der Waals surface area contributed by atoms with Crippen LogP contribution in [0, 0.1) is 5.92 Å². The summed E-state index contributed by atoms with van der Waals surface area (Å²) >= 11 is 6.05. The summed E-state index contributed by atoms with van der Waals surface area (Å²) in [4.78, 5) is 14.6. The summed E-state index contributed by atoms with van der Waals surface area (Å²) in [5.41, 5.74) is 5.01. The third-order valence-corrected chi connectivity index (χ3v) is 5.21. The fourth-order valence-corrected chi connectivity index (χ4v) is 3.34. The number of piperidine rings is 1. The van der Waals surface area contributed by atoms with Gasteiger partial charge in [-0.05, 0) is 55.6 Å². The van der Waals surface area contributed by atoms with Crippen LogP contribution in [0.25, 0.3) is 0 Å². The number of likely N-dealkylation sites (tertiary alicyclic amines) is 1. The van der Waals surface area contributed by atoms with Crippen LogP contribution in [0.3, 0.4) is 0 Å². The summed E-state index contributed by atoms with van der Waals surface area (Å²) in [7, 11) is 0. The number of aliphatic hydroxyl groups excluding tert-OH is 1. The maximum atomic E-state index is 12.2. The van der Waals surface area contributed by atoms with Crippen LogP contribution in [0.2, 0.25) is 5.02 Å². The van der Waals surface area contributed by atoms with Gasteiger partial charge < -0.3 is 5.11 Å². The van der Waals surface area contributed by atoms with Crippen LogP contribution in [0.15, 0.2) is 53.6 Å². The number of benzene rings is 2. The lowest BCUT2D eigenvalue weighted by atomic mass is 9.97. The second kappa shape index (κ2) is 9.65. The Kier molecular flexibility index (Phi) is 6.98. The van der Waals surface area contributed by atoms with Crippen molar-refractivity contribution < 1.29 is 9.90 Å². The van der Waals surface area contributed by atoms with Crippen molar-refractivity contribution in [2.24, 2.45) is 11.0 Å². The summed E-state index contributed by atoms with van der Waals surface area (Å²) in [5, 5.41) is 13.8. The molecule has 27 heavy (non-hydrogen) atoms. The zero-order chi connectivity index (χ0) is 19.1. The topological polar surface area (TPSA) is 64.9 Å². The highest BCUT2D eigenvalue weighted by Gasteiger charge is 2.18. The molecule has 3 rings (SSSR count). The molecule has 0 aliphatic carbocycles. The van der Waals surface area contributed by atoms with Crippen molar-refractivity contribution in [2.45, 2.75) is 19.4 Å². The third kappa shape index (κ3) is 5.63. The number of hydrazone groups is 1. The van der Waals surface area contributed by atoms with E-state index in [0.29, 0.717) is 16.5 Å². The molecule has 0 radical (unpaired) electrons. The van der Waals surface area contributed by atoms with E-state index in [0.717, 1.165) is 38.0 Å². The lowest BCUT2D eigenvalue weighted by Gasteiger charge is -2.31. The van der Waals surface area contributed by atoms with Crippen LogP contribution in [0.5, 0.6) is 0 Å². The molecule has 1 amide bonds. The van der Waals surface area contributed by atoms with Crippen LogP contribution >= 0.6 is 11.6 Å². The number of hydrogen-bond acceptors (Lipinski definition) is 4. The lowest BCUT2D eigenvalue weighted by Crippen LogP contribution is -2.34.